The summed E-state index contributed by atoms with van der Waals surface area (Å²) in [4.78, 5) is 2.08. The third kappa shape index (κ3) is 3.48. The van der Waals surface area contributed by atoms with Crippen molar-refractivity contribution in [3.8, 4) is 0 Å². The van der Waals surface area contributed by atoms with E-state index in [0.29, 0.717) is 23.1 Å². The standard InChI is InChI=1S/C15H19BrF3N/c1-10-5-11(2)9-20(8-10)13-4-3-12(7-16)14(6-13)15(17,18)19/h3-4,6,10-11H,5,7-9H2,1-2H3. The molecule has 0 bridgehead atoms. The van der Waals surface area contributed by atoms with E-state index in [1.54, 1.807) is 12.1 Å². The van der Waals surface area contributed by atoms with Gasteiger partial charge < -0.3 is 4.90 Å². The Bertz CT molecular complexity index is 463. The molecule has 5 heteroatoms. The van der Waals surface area contributed by atoms with Gasteiger partial charge in [-0.05, 0) is 36.0 Å². The van der Waals surface area contributed by atoms with E-state index >= 15 is 0 Å². The lowest BCUT2D eigenvalue weighted by molar-refractivity contribution is -0.138. The summed E-state index contributed by atoms with van der Waals surface area (Å²) in [6, 6.07) is 4.68. The van der Waals surface area contributed by atoms with Crippen LogP contribution >= 0.6 is 15.9 Å². The summed E-state index contributed by atoms with van der Waals surface area (Å²) in [5, 5.41) is 0.217. The van der Waals surface area contributed by atoms with Crippen LogP contribution in [0.4, 0.5) is 18.9 Å². The molecule has 112 valence electrons. The molecule has 2 unspecified atom stereocenters. The smallest absolute Gasteiger partial charge is 0.371 e. The van der Waals surface area contributed by atoms with E-state index in [4.69, 9.17) is 0 Å². The van der Waals surface area contributed by atoms with Crippen molar-refractivity contribution in [1.82, 2.24) is 0 Å². The Morgan fingerprint density at radius 3 is 2.30 bits per heavy atom. The highest BCUT2D eigenvalue weighted by Crippen LogP contribution is 2.36. The van der Waals surface area contributed by atoms with E-state index in [9.17, 15) is 13.2 Å². The molecule has 0 spiro atoms. The molecule has 0 amide bonds. The van der Waals surface area contributed by atoms with Crippen LogP contribution < -0.4 is 4.90 Å². The molecule has 0 radical (unpaired) electrons. The van der Waals surface area contributed by atoms with Crippen LogP contribution in [0.25, 0.3) is 0 Å². The highest BCUT2D eigenvalue weighted by molar-refractivity contribution is 9.08. The highest BCUT2D eigenvalue weighted by atomic mass is 79.9. The molecule has 1 fully saturated rings. The first-order chi connectivity index (χ1) is 9.31. The number of anilines is 1. The van der Waals surface area contributed by atoms with Crippen molar-refractivity contribution in [2.75, 3.05) is 18.0 Å². The van der Waals surface area contributed by atoms with Gasteiger partial charge in [0.15, 0.2) is 0 Å². The summed E-state index contributed by atoms with van der Waals surface area (Å²) in [6.07, 6.45) is -3.16. The largest absolute Gasteiger partial charge is 0.416 e. The van der Waals surface area contributed by atoms with Crippen LogP contribution in [-0.4, -0.2) is 13.1 Å². The lowest BCUT2D eigenvalue weighted by atomic mass is 9.91. The molecule has 1 saturated heterocycles. The molecule has 1 aromatic rings. The van der Waals surface area contributed by atoms with Crippen LogP contribution in [-0.2, 0) is 11.5 Å². The number of piperidine rings is 1. The Balaban J connectivity index is 2.33. The topological polar surface area (TPSA) is 3.24 Å². The van der Waals surface area contributed by atoms with E-state index < -0.39 is 11.7 Å². The van der Waals surface area contributed by atoms with Gasteiger partial charge in [-0.1, -0.05) is 35.8 Å². The first-order valence-electron chi connectivity index (χ1n) is 6.82. The van der Waals surface area contributed by atoms with Gasteiger partial charge in [0.1, 0.15) is 0 Å². The van der Waals surface area contributed by atoms with Crippen LogP contribution in [0.5, 0.6) is 0 Å². The zero-order chi connectivity index (χ0) is 14.9. The number of alkyl halides is 4. The summed E-state index contributed by atoms with van der Waals surface area (Å²) < 4.78 is 39.3. The van der Waals surface area contributed by atoms with E-state index in [1.807, 2.05) is 0 Å². The van der Waals surface area contributed by atoms with Crippen molar-refractivity contribution in [3.63, 3.8) is 0 Å². The summed E-state index contributed by atoms with van der Waals surface area (Å²) in [5.41, 5.74) is 0.442. The monoisotopic (exact) mass is 349 g/mol. The van der Waals surface area contributed by atoms with Crippen molar-refractivity contribution in [1.29, 1.82) is 0 Å². The Labute approximate surface area is 126 Å². The van der Waals surface area contributed by atoms with E-state index in [0.717, 1.165) is 19.5 Å². The van der Waals surface area contributed by atoms with Gasteiger partial charge in [0.2, 0.25) is 0 Å². The first-order valence-corrected chi connectivity index (χ1v) is 7.94. The molecule has 20 heavy (non-hydrogen) atoms. The predicted octanol–water partition coefficient (Wildman–Crippen LogP) is 5.08. The molecule has 0 saturated carbocycles. The molecular formula is C15H19BrF3N. The first kappa shape index (κ1) is 15.7. The van der Waals surface area contributed by atoms with Crippen molar-refractivity contribution < 1.29 is 13.2 Å². The Morgan fingerprint density at radius 1 is 1.20 bits per heavy atom. The summed E-state index contributed by atoms with van der Waals surface area (Å²) in [5.74, 6) is 1.04. The fourth-order valence-corrected chi connectivity index (χ4v) is 3.50. The van der Waals surface area contributed by atoms with Gasteiger partial charge in [-0.2, -0.15) is 13.2 Å². The summed E-state index contributed by atoms with van der Waals surface area (Å²) >= 11 is 3.13. The van der Waals surface area contributed by atoms with Crippen LogP contribution in [0, 0.1) is 11.8 Å². The average Bonchev–Trinajstić information content (AvgIpc) is 2.35. The van der Waals surface area contributed by atoms with Gasteiger partial charge in [-0.15, -0.1) is 0 Å². The Hall–Kier alpha value is -0.710. The third-order valence-corrected chi connectivity index (χ3v) is 4.38. The SMILES string of the molecule is CC1CC(C)CN(c2ccc(CBr)c(C(F)(F)F)c2)C1. The highest BCUT2D eigenvalue weighted by Gasteiger charge is 2.34. The minimum absolute atomic E-state index is 0.217. The van der Waals surface area contributed by atoms with Crippen molar-refractivity contribution in [2.24, 2.45) is 11.8 Å². The molecule has 0 aromatic heterocycles. The lowest BCUT2D eigenvalue weighted by Crippen LogP contribution is -2.38. The second-order valence-electron chi connectivity index (χ2n) is 5.82. The summed E-state index contributed by atoms with van der Waals surface area (Å²) in [7, 11) is 0. The molecule has 1 aliphatic rings. The second-order valence-corrected chi connectivity index (χ2v) is 6.38. The van der Waals surface area contributed by atoms with Gasteiger partial charge in [0.25, 0.3) is 0 Å². The molecule has 0 N–H and O–H groups in total. The van der Waals surface area contributed by atoms with E-state index in [-0.39, 0.29) is 5.33 Å². The zero-order valence-corrected chi connectivity index (χ0v) is 13.3. The average molecular weight is 350 g/mol. The summed E-state index contributed by atoms with van der Waals surface area (Å²) in [6.45, 7) is 5.96. The fraction of sp³-hybridized carbons (Fsp3) is 0.600. The molecule has 0 aliphatic carbocycles. The maximum Gasteiger partial charge on any atom is 0.416 e. The fourth-order valence-electron chi connectivity index (χ4n) is 3.02. The number of hydrogen-bond donors (Lipinski definition) is 0. The zero-order valence-electron chi connectivity index (χ0n) is 11.7. The van der Waals surface area contributed by atoms with Gasteiger partial charge in [0, 0.05) is 24.1 Å². The Kier molecular flexibility index (Phi) is 4.67. The van der Waals surface area contributed by atoms with Crippen LogP contribution in [0.3, 0.4) is 0 Å². The molecule has 1 aromatic carbocycles. The van der Waals surface area contributed by atoms with Crippen molar-refractivity contribution in [3.05, 3.63) is 29.3 Å². The molecular weight excluding hydrogens is 331 g/mol. The molecule has 1 aliphatic heterocycles. The minimum Gasteiger partial charge on any atom is -0.371 e. The van der Waals surface area contributed by atoms with E-state index in [2.05, 4.69) is 34.7 Å². The van der Waals surface area contributed by atoms with Crippen LogP contribution in [0.15, 0.2) is 18.2 Å². The normalized spacial score (nSPS) is 24.0. The van der Waals surface area contributed by atoms with Crippen molar-refractivity contribution >= 4 is 21.6 Å². The number of rotatable bonds is 2. The van der Waals surface area contributed by atoms with Crippen LogP contribution in [0.2, 0.25) is 0 Å². The third-order valence-electron chi connectivity index (χ3n) is 3.78. The van der Waals surface area contributed by atoms with Gasteiger partial charge in [-0.25, -0.2) is 0 Å². The quantitative estimate of drug-likeness (QED) is 0.672. The maximum absolute atomic E-state index is 13.1. The predicted molar refractivity (Wildman–Crippen MR) is 79.2 cm³/mol. The number of halogens is 4. The number of benzene rings is 1. The van der Waals surface area contributed by atoms with Gasteiger partial charge in [0.05, 0.1) is 5.56 Å². The lowest BCUT2D eigenvalue weighted by Gasteiger charge is -2.37. The van der Waals surface area contributed by atoms with Crippen LogP contribution in [0.1, 0.15) is 31.4 Å². The maximum atomic E-state index is 13.1. The Morgan fingerprint density at radius 2 is 1.80 bits per heavy atom. The molecule has 2 rings (SSSR count). The van der Waals surface area contributed by atoms with Gasteiger partial charge >= 0.3 is 6.18 Å². The van der Waals surface area contributed by atoms with Gasteiger partial charge in [-0.3, -0.25) is 0 Å². The number of hydrogen-bond acceptors (Lipinski definition) is 1. The molecule has 1 nitrogen and oxygen atoms in total. The minimum atomic E-state index is -4.30. The number of nitrogens with zero attached hydrogens (tertiary/aromatic N) is 1. The van der Waals surface area contributed by atoms with Crippen molar-refractivity contribution in [2.45, 2.75) is 31.8 Å². The molecule has 2 atom stereocenters. The second kappa shape index (κ2) is 5.96. The molecule has 1 heterocycles. The van der Waals surface area contributed by atoms with E-state index in [1.165, 1.54) is 6.07 Å².